The standard InChI is InChI=1S/C20H29NO6/c1-13(2)16(21-19(24)27-20(4,5)6)18(23)26-14(3)17(22)25-12-15-10-8-7-9-11-15/h7-11,13-14,16H,12H2,1-6H3,(H,21,24)/t14-,16-/m0/s1. The third-order valence-electron chi connectivity index (χ3n) is 3.44. The van der Waals surface area contributed by atoms with Gasteiger partial charge in [-0.1, -0.05) is 44.2 Å². The topological polar surface area (TPSA) is 90.9 Å². The van der Waals surface area contributed by atoms with Gasteiger partial charge in [-0.25, -0.2) is 14.4 Å². The number of alkyl carbamates (subject to hydrolysis) is 1. The summed E-state index contributed by atoms with van der Waals surface area (Å²) in [6.07, 6.45) is -1.82. The van der Waals surface area contributed by atoms with Gasteiger partial charge in [0, 0.05) is 0 Å². The number of ether oxygens (including phenoxy) is 3. The van der Waals surface area contributed by atoms with Crippen LogP contribution in [0, 0.1) is 5.92 Å². The van der Waals surface area contributed by atoms with Crippen molar-refractivity contribution in [3.8, 4) is 0 Å². The van der Waals surface area contributed by atoms with Gasteiger partial charge in [-0.2, -0.15) is 0 Å². The monoisotopic (exact) mass is 379 g/mol. The molecule has 0 aliphatic carbocycles. The maximum absolute atomic E-state index is 12.4. The first kappa shape index (κ1) is 22.5. The summed E-state index contributed by atoms with van der Waals surface area (Å²) in [7, 11) is 0. The minimum Gasteiger partial charge on any atom is -0.458 e. The summed E-state index contributed by atoms with van der Waals surface area (Å²) in [5, 5.41) is 2.49. The van der Waals surface area contributed by atoms with Crippen LogP contribution in [0.5, 0.6) is 0 Å². The highest BCUT2D eigenvalue weighted by Crippen LogP contribution is 2.11. The van der Waals surface area contributed by atoms with Crippen LogP contribution in [0.15, 0.2) is 30.3 Å². The molecule has 0 radical (unpaired) electrons. The van der Waals surface area contributed by atoms with Crippen molar-refractivity contribution in [2.24, 2.45) is 5.92 Å². The molecule has 0 aliphatic heterocycles. The minimum atomic E-state index is -1.09. The van der Waals surface area contributed by atoms with E-state index in [1.807, 2.05) is 30.3 Å². The fraction of sp³-hybridized carbons (Fsp3) is 0.550. The molecule has 0 heterocycles. The van der Waals surface area contributed by atoms with E-state index in [0.29, 0.717) is 0 Å². The van der Waals surface area contributed by atoms with Gasteiger partial charge in [-0.15, -0.1) is 0 Å². The molecule has 1 amide bonds. The summed E-state index contributed by atoms with van der Waals surface area (Å²) in [4.78, 5) is 36.3. The Morgan fingerprint density at radius 2 is 1.59 bits per heavy atom. The molecule has 150 valence electrons. The normalized spacial score (nSPS) is 13.4. The van der Waals surface area contributed by atoms with Gasteiger partial charge in [0.05, 0.1) is 0 Å². The third kappa shape index (κ3) is 8.57. The molecule has 0 unspecified atom stereocenters. The zero-order valence-corrected chi connectivity index (χ0v) is 16.8. The average Bonchev–Trinajstić information content (AvgIpc) is 2.56. The molecule has 0 spiro atoms. The predicted octanol–water partition coefficient (Wildman–Crippen LogP) is 3.21. The van der Waals surface area contributed by atoms with Gasteiger partial charge in [0.15, 0.2) is 6.10 Å². The average molecular weight is 379 g/mol. The molecule has 7 heteroatoms. The third-order valence-corrected chi connectivity index (χ3v) is 3.44. The van der Waals surface area contributed by atoms with E-state index < -0.39 is 35.8 Å². The molecule has 1 aromatic carbocycles. The first-order valence-electron chi connectivity index (χ1n) is 8.90. The van der Waals surface area contributed by atoms with Crippen molar-refractivity contribution in [1.29, 1.82) is 0 Å². The van der Waals surface area contributed by atoms with E-state index in [-0.39, 0.29) is 12.5 Å². The van der Waals surface area contributed by atoms with Crippen LogP contribution in [0.25, 0.3) is 0 Å². The Bertz CT molecular complexity index is 636. The number of amides is 1. The van der Waals surface area contributed by atoms with Crippen LogP contribution in [0.1, 0.15) is 47.1 Å². The van der Waals surface area contributed by atoms with Crippen molar-refractivity contribution in [1.82, 2.24) is 5.32 Å². The Labute approximate surface area is 160 Å². The largest absolute Gasteiger partial charge is 0.458 e. The Morgan fingerprint density at radius 1 is 1.00 bits per heavy atom. The number of benzene rings is 1. The second kappa shape index (κ2) is 9.94. The predicted molar refractivity (Wildman–Crippen MR) is 99.8 cm³/mol. The first-order chi connectivity index (χ1) is 12.5. The lowest BCUT2D eigenvalue weighted by Crippen LogP contribution is -2.48. The van der Waals surface area contributed by atoms with Crippen LogP contribution in [0.3, 0.4) is 0 Å². The van der Waals surface area contributed by atoms with Crippen LogP contribution in [-0.4, -0.2) is 35.8 Å². The summed E-state index contributed by atoms with van der Waals surface area (Å²) in [6.45, 7) is 10.2. The fourth-order valence-electron chi connectivity index (χ4n) is 2.07. The molecule has 0 bridgehead atoms. The highest BCUT2D eigenvalue weighted by atomic mass is 16.6. The van der Waals surface area contributed by atoms with E-state index in [0.717, 1.165) is 5.56 Å². The Morgan fingerprint density at radius 3 is 2.11 bits per heavy atom. The lowest BCUT2D eigenvalue weighted by Gasteiger charge is -2.25. The second-order valence-electron chi connectivity index (χ2n) is 7.54. The van der Waals surface area contributed by atoms with Gasteiger partial charge in [0.1, 0.15) is 18.2 Å². The van der Waals surface area contributed by atoms with Crippen molar-refractivity contribution < 1.29 is 28.6 Å². The van der Waals surface area contributed by atoms with Crippen LogP contribution in [0.2, 0.25) is 0 Å². The SMILES string of the molecule is CC(C)[C@H](NC(=O)OC(C)(C)C)C(=O)O[C@@H](C)C(=O)OCc1ccccc1. The maximum Gasteiger partial charge on any atom is 0.408 e. The summed E-state index contributed by atoms with van der Waals surface area (Å²) in [5.41, 5.74) is 0.139. The molecular formula is C20H29NO6. The highest BCUT2D eigenvalue weighted by Gasteiger charge is 2.31. The lowest BCUT2D eigenvalue weighted by molar-refractivity contribution is -0.169. The number of esters is 2. The van der Waals surface area contributed by atoms with Crippen molar-refractivity contribution in [2.75, 3.05) is 0 Å². The van der Waals surface area contributed by atoms with Gasteiger partial charge in [-0.3, -0.25) is 0 Å². The molecule has 7 nitrogen and oxygen atoms in total. The van der Waals surface area contributed by atoms with Crippen molar-refractivity contribution >= 4 is 18.0 Å². The van der Waals surface area contributed by atoms with Crippen LogP contribution in [0.4, 0.5) is 4.79 Å². The zero-order valence-electron chi connectivity index (χ0n) is 16.8. The highest BCUT2D eigenvalue weighted by molar-refractivity contribution is 5.84. The first-order valence-corrected chi connectivity index (χ1v) is 8.90. The van der Waals surface area contributed by atoms with Crippen molar-refractivity contribution in [3.05, 3.63) is 35.9 Å². The van der Waals surface area contributed by atoms with Crippen LogP contribution < -0.4 is 5.32 Å². The number of carbonyl (C=O) groups is 3. The van der Waals surface area contributed by atoms with E-state index in [2.05, 4.69) is 5.32 Å². The molecule has 27 heavy (non-hydrogen) atoms. The maximum atomic E-state index is 12.4. The molecule has 0 saturated heterocycles. The number of nitrogens with one attached hydrogen (secondary N) is 1. The van der Waals surface area contributed by atoms with Gasteiger partial charge in [0.2, 0.25) is 0 Å². The van der Waals surface area contributed by atoms with E-state index in [1.54, 1.807) is 34.6 Å². The molecule has 1 N–H and O–H groups in total. The summed E-state index contributed by atoms with van der Waals surface area (Å²) in [5.74, 6) is -1.63. The Balaban J connectivity index is 2.58. The number of rotatable bonds is 7. The molecule has 1 rings (SSSR count). The summed E-state index contributed by atoms with van der Waals surface area (Å²) >= 11 is 0. The van der Waals surface area contributed by atoms with Gasteiger partial charge < -0.3 is 19.5 Å². The summed E-state index contributed by atoms with van der Waals surface area (Å²) in [6, 6.07) is 8.24. The Hall–Kier alpha value is -2.57. The lowest BCUT2D eigenvalue weighted by atomic mass is 10.1. The van der Waals surface area contributed by atoms with Gasteiger partial charge in [-0.05, 0) is 39.2 Å². The second-order valence-corrected chi connectivity index (χ2v) is 7.54. The van der Waals surface area contributed by atoms with Crippen molar-refractivity contribution in [3.63, 3.8) is 0 Å². The van der Waals surface area contributed by atoms with E-state index in [1.165, 1.54) is 6.92 Å². The smallest absolute Gasteiger partial charge is 0.408 e. The van der Waals surface area contributed by atoms with Crippen LogP contribution in [-0.2, 0) is 30.4 Å². The van der Waals surface area contributed by atoms with E-state index in [9.17, 15) is 14.4 Å². The molecule has 0 saturated carbocycles. The van der Waals surface area contributed by atoms with Gasteiger partial charge >= 0.3 is 18.0 Å². The molecule has 0 aliphatic rings. The zero-order chi connectivity index (χ0) is 20.6. The Kier molecular flexibility index (Phi) is 8.28. The molecule has 1 aromatic rings. The van der Waals surface area contributed by atoms with E-state index in [4.69, 9.17) is 14.2 Å². The molecule has 0 fully saturated rings. The quantitative estimate of drug-likeness (QED) is 0.578. The molecule has 2 atom stereocenters. The number of carbonyl (C=O) groups excluding carboxylic acids is 3. The number of hydrogen-bond acceptors (Lipinski definition) is 6. The molecule has 0 aromatic heterocycles. The van der Waals surface area contributed by atoms with E-state index >= 15 is 0 Å². The fourth-order valence-corrected chi connectivity index (χ4v) is 2.07. The van der Waals surface area contributed by atoms with Crippen LogP contribution >= 0.6 is 0 Å². The molecular weight excluding hydrogens is 350 g/mol. The van der Waals surface area contributed by atoms with Crippen molar-refractivity contribution in [2.45, 2.75) is 65.9 Å². The minimum absolute atomic E-state index is 0.0886. The van der Waals surface area contributed by atoms with Gasteiger partial charge in [0.25, 0.3) is 0 Å². The summed E-state index contributed by atoms with van der Waals surface area (Å²) < 4.78 is 15.5. The number of hydrogen-bond donors (Lipinski definition) is 1.